The van der Waals surface area contributed by atoms with E-state index < -0.39 is 23.1 Å². The zero-order valence-electron chi connectivity index (χ0n) is 9.93. The fourth-order valence-corrected chi connectivity index (χ4v) is 1.83. The highest BCUT2D eigenvalue weighted by Gasteiger charge is 2.32. The molecule has 0 spiro atoms. The highest BCUT2D eigenvalue weighted by Crippen LogP contribution is 2.34. The molecule has 0 saturated carbocycles. The number of halogens is 3. The van der Waals surface area contributed by atoms with Crippen LogP contribution >= 0.6 is 12.0 Å². The lowest BCUT2D eigenvalue weighted by Gasteiger charge is -2.10. The van der Waals surface area contributed by atoms with Crippen LogP contribution in [0.2, 0.25) is 0 Å². The summed E-state index contributed by atoms with van der Waals surface area (Å²) in [6.45, 7) is 0. The summed E-state index contributed by atoms with van der Waals surface area (Å²) in [5, 5.41) is 8.76. The Morgan fingerprint density at radius 1 is 1.45 bits per heavy atom. The molecule has 0 unspecified atom stereocenters. The lowest BCUT2D eigenvalue weighted by molar-refractivity contribution is -0.0369. The molecule has 0 atom stereocenters. The second-order valence-electron chi connectivity index (χ2n) is 3.69. The van der Waals surface area contributed by atoms with Gasteiger partial charge in [-0.3, -0.25) is 4.79 Å². The van der Waals surface area contributed by atoms with Crippen molar-refractivity contribution in [2.75, 3.05) is 0 Å². The molecule has 0 bridgehead atoms. The van der Waals surface area contributed by atoms with E-state index in [2.05, 4.69) is 9.17 Å². The maximum Gasteiger partial charge on any atom is 0.479 e. The maximum atomic E-state index is 12.1. The van der Waals surface area contributed by atoms with E-state index in [1.165, 1.54) is 23.7 Å². The summed E-state index contributed by atoms with van der Waals surface area (Å²) in [4.78, 5) is 15.5. The van der Waals surface area contributed by atoms with Crippen LogP contribution in [-0.4, -0.2) is 15.1 Å². The van der Waals surface area contributed by atoms with Gasteiger partial charge in [-0.15, -0.1) is 0 Å². The van der Waals surface area contributed by atoms with Crippen molar-refractivity contribution in [3.05, 3.63) is 34.2 Å². The molecule has 20 heavy (non-hydrogen) atoms. The molecule has 9 heteroatoms. The third-order valence-corrected chi connectivity index (χ3v) is 2.85. The van der Waals surface area contributed by atoms with Gasteiger partial charge in [0, 0.05) is 13.1 Å². The van der Waals surface area contributed by atoms with Crippen molar-refractivity contribution in [1.82, 2.24) is 9.55 Å². The molecule has 0 aliphatic carbocycles. The number of rotatable bonds is 2. The number of fused-ring (bicyclic) bond motifs is 1. The topological polar surface area (TPSA) is 67.9 Å². The van der Waals surface area contributed by atoms with Gasteiger partial charge in [-0.2, -0.15) is 18.4 Å². The van der Waals surface area contributed by atoms with Crippen molar-refractivity contribution in [2.45, 2.75) is 5.51 Å². The molecular formula is C11H6F3N3O2S. The second kappa shape index (κ2) is 5.05. The van der Waals surface area contributed by atoms with Crippen LogP contribution in [0.3, 0.4) is 0 Å². The van der Waals surface area contributed by atoms with Crippen molar-refractivity contribution in [3.8, 4) is 11.8 Å². The first-order valence-electron chi connectivity index (χ1n) is 5.15. The predicted octanol–water partition coefficient (Wildman–Crippen LogP) is 2.35. The van der Waals surface area contributed by atoms with E-state index in [9.17, 15) is 18.0 Å². The summed E-state index contributed by atoms with van der Waals surface area (Å²) < 4.78 is 42.2. The van der Waals surface area contributed by atoms with Crippen molar-refractivity contribution in [2.24, 2.45) is 7.05 Å². The number of aryl methyl sites for hydroxylation is 1. The summed E-state index contributed by atoms with van der Waals surface area (Å²) in [5.41, 5.74) is -4.85. The minimum absolute atomic E-state index is 0.0120. The van der Waals surface area contributed by atoms with E-state index in [-0.39, 0.29) is 22.5 Å². The highest BCUT2D eigenvalue weighted by molar-refractivity contribution is 7.95. The molecule has 104 valence electrons. The van der Waals surface area contributed by atoms with Gasteiger partial charge in [-0.1, -0.05) is 0 Å². The molecule has 5 nitrogen and oxygen atoms in total. The standard InChI is InChI=1S/C11H6F3N3O2S/c1-17-7-3-2-6(5-15)16-10(7)8(4-9(17)18)19-20-11(12,13)14/h2-4H,1H3. The molecule has 2 aromatic rings. The molecule has 0 saturated heterocycles. The number of pyridine rings is 2. The van der Waals surface area contributed by atoms with Gasteiger partial charge in [-0.25, -0.2) is 4.98 Å². The zero-order valence-corrected chi connectivity index (χ0v) is 10.7. The lowest BCUT2D eigenvalue weighted by Crippen LogP contribution is -2.17. The largest absolute Gasteiger partial charge is 0.479 e. The van der Waals surface area contributed by atoms with Crippen LogP contribution in [-0.2, 0) is 7.05 Å². The van der Waals surface area contributed by atoms with Gasteiger partial charge < -0.3 is 8.75 Å². The minimum atomic E-state index is -4.61. The molecule has 0 aromatic carbocycles. The van der Waals surface area contributed by atoms with Gasteiger partial charge in [0.1, 0.15) is 17.3 Å². The van der Waals surface area contributed by atoms with Crippen LogP contribution < -0.4 is 9.74 Å². The highest BCUT2D eigenvalue weighted by atomic mass is 32.2. The van der Waals surface area contributed by atoms with Crippen molar-refractivity contribution >= 4 is 23.1 Å². The van der Waals surface area contributed by atoms with Gasteiger partial charge in [0.2, 0.25) is 0 Å². The van der Waals surface area contributed by atoms with Crippen molar-refractivity contribution < 1.29 is 17.4 Å². The Morgan fingerprint density at radius 3 is 2.75 bits per heavy atom. The molecule has 0 radical (unpaired) electrons. The Bertz CT molecular complexity index is 764. The van der Waals surface area contributed by atoms with Gasteiger partial charge in [-0.05, 0) is 12.1 Å². The summed E-state index contributed by atoms with van der Waals surface area (Å²) >= 11 is -0.742. The Balaban J connectivity index is 2.61. The van der Waals surface area contributed by atoms with Crippen LogP contribution in [0.25, 0.3) is 11.0 Å². The van der Waals surface area contributed by atoms with Gasteiger partial charge in [0.15, 0.2) is 17.8 Å². The van der Waals surface area contributed by atoms with E-state index in [1.54, 1.807) is 6.07 Å². The van der Waals surface area contributed by atoms with Crippen LogP contribution in [0.15, 0.2) is 23.0 Å². The SMILES string of the molecule is Cn1c(=O)cc(OSC(F)(F)F)c2nc(C#N)ccc21. The van der Waals surface area contributed by atoms with Gasteiger partial charge in [0.25, 0.3) is 5.56 Å². The third kappa shape index (κ3) is 2.85. The molecule has 0 aliphatic heterocycles. The second-order valence-corrected chi connectivity index (χ2v) is 4.49. The number of nitriles is 1. The normalized spacial score (nSPS) is 11.3. The Morgan fingerprint density at radius 2 is 2.15 bits per heavy atom. The first-order chi connectivity index (χ1) is 9.31. The molecule has 0 amide bonds. The van der Waals surface area contributed by atoms with E-state index in [0.29, 0.717) is 0 Å². The van der Waals surface area contributed by atoms with Crippen LogP contribution in [0.4, 0.5) is 13.2 Å². The van der Waals surface area contributed by atoms with Crippen LogP contribution in [0, 0.1) is 11.3 Å². The summed E-state index contributed by atoms with van der Waals surface area (Å²) in [5.74, 6) is -0.331. The van der Waals surface area contributed by atoms with Crippen molar-refractivity contribution in [3.63, 3.8) is 0 Å². The van der Waals surface area contributed by atoms with Gasteiger partial charge >= 0.3 is 5.51 Å². The molecule has 0 fully saturated rings. The Labute approximate surface area is 114 Å². The first-order valence-corrected chi connectivity index (χ1v) is 5.89. The van der Waals surface area contributed by atoms with E-state index in [1.807, 2.05) is 0 Å². The minimum Gasteiger partial charge on any atom is -0.415 e. The molecule has 0 aliphatic rings. The molecular weight excluding hydrogens is 295 g/mol. The number of nitrogens with zero attached hydrogens (tertiary/aromatic N) is 3. The zero-order chi connectivity index (χ0) is 14.9. The lowest BCUT2D eigenvalue weighted by atomic mass is 10.2. The fourth-order valence-electron chi connectivity index (χ4n) is 1.52. The van der Waals surface area contributed by atoms with Crippen LogP contribution in [0.1, 0.15) is 5.69 Å². The van der Waals surface area contributed by atoms with E-state index in [4.69, 9.17) is 5.26 Å². The Hall–Kier alpha value is -2.21. The summed E-state index contributed by atoms with van der Waals surface area (Å²) in [7, 11) is 1.44. The van der Waals surface area contributed by atoms with Crippen LogP contribution in [0.5, 0.6) is 5.75 Å². The monoisotopic (exact) mass is 301 g/mol. The fraction of sp³-hybridized carbons (Fsp3) is 0.182. The average molecular weight is 301 g/mol. The molecule has 2 rings (SSSR count). The number of hydrogen-bond donors (Lipinski definition) is 0. The van der Waals surface area contributed by atoms with Gasteiger partial charge in [0.05, 0.1) is 5.52 Å². The third-order valence-electron chi connectivity index (χ3n) is 2.39. The molecule has 2 heterocycles. The quantitative estimate of drug-likeness (QED) is 0.796. The smallest absolute Gasteiger partial charge is 0.415 e. The summed E-state index contributed by atoms with van der Waals surface area (Å²) in [6.07, 6.45) is 0. The number of alkyl halides is 3. The average Bonchev–Trinajstić information content (AvgIpc) is 2.39. The van der Waals surface area contributed by atoms with Crippen molar-refractivity contribution in [1.29, 1.82) is 5.26 Å². The molecule has 2 aromatic heterocycles. The summed E-state index contributed by atoms with van der Waals surface area (Å²) in [6, 6.07) is 5.46. The Kier molecular flexibility index (Phi) is 3.59. The van der Waals surface area contributed by atoms with E-state index >= 15 is 0 Å². The predicted molar refractivity (Wildman–Crippen MR) is 66.0 cm³/mol. The first kappa shape index (κ1) is 14.2. The number of hydrogen-bond acceptors (Lipinski definition) is 5. The molecule has 0 N–H and O–H groups in total. The van der Waals surface area contributed by atoms with E-state index in [0.717, 1.165) is 6.07 Å². The maximum absolute atomic E-state index is 12.1. The number of aromatic nitrogens is 2.